The zero-order chi connectivity index (χ0) is 105. The van der Waals surface area contributed by atoms with Crippen LogP contribution in [-0.4, -0.2) is 216 Å². The van der Waals surface area contributed by atoms with Gasteiger partial charge in [-0.2, -0.15) is 19.1 Å². The number of aliphatic hydroxyl groups excluding tert-OH is 4. The highest BCUT2D eigenvalue weighted by Gasteiger charge is 2.55. The molecule has 1 fully saturated rings. The number of nitrogens with one attached hydrogen (secondary N) is 8. The summed E-state index contributed by atoms with van der Waals surface area (Å²) in [4.78, 5) is 60.5. The Kier molecular flexibility index (Phi) is 33.6. The lowest BCUT2D eigenvalue weighted by Gasteiger charge is -2.36. The summed E-state index contributed by atoms with van der Waals surface area (Å²) < 4.78 is 197. The highest BCUT2D eigenvalue weighted by molar-refractivity contribution is 7.92. The summed E-state index contributed by atoms with van der Waals surface area (Å²) in [5.41, 5.74) is 1.71. The number of amidine groups is 4. The first-order valence-electron chi connectivity index (χ1n) is 45.6. The van der Waals surface area contributed by atoms with Crippen LogP contribution in [0.4, 0.5) is 45.5 Å². The van der Waals surface area contributed by atoms with Crippen molar-refractivity contribution in [2.24, 2.45) is 46.6 Å². The standard InChI is InChI=1S/2C23H33N4O6PS.C23H35N4O6PS.C23H31N4O6PS/c1-6-33-34(30)17-13-15(26-35(5,31)32)9-10-16(17)24-21(25-34)18-20(28)19(14-7-8-14)27(22(18)29)12-11-23(2,3)4;1-8-33-34(30)17-13-15(26-35(7,31)32)9-10-16(17)24-21(25-34)18-20(28)19(14(2)3)27(22(18)29)12-11-23(4,5)6;1-8-23(6)19(28)18(21(29)27(23)13-12-22(3,4)5)20-24-16-11-10-15(26-35(7,31)32)14-17(16)34(30,25-20)33-9-2;1-7-9-10-13-27-20(23(3,4)5)19(28)18(22(27)29)21-24-16-12-11-15(26-35(6,31)32)14-17(16)34(30,25-21)33-8-2/h9-10,13-14,19,26,28H,6-8,11-12H2,1-5H3,(H,24,25,30);9-10,13,26,28H,8,11-12H2,1-7H3,(H,24,25,30);10-11,14,26,28H,8-9,12-13H2,1-7H3,(H,24,25,30);1,11-12,14,20,26,28H,8-10,13H2,2-6H3,(H,24,25,30). The normalized spacial score (nSPS) is 23.1. The van der Waals surface area contributed by atoms with E-state index in [2.05, 4.69) is 127 Å². The number of amides is 4. The van der Waals surface area contributed by atoms with Gasteiger partial charge in [0, 0.05) is 55.3 Å². The molecule has 8 heterocycles. The molecule has 1 saturated carbocycles. The average Bonchev–Trinajstić information content (AvgIpc) is 1.56. The molecule has 48 heteroatoms. The molecule has 4 aromatic rings. The maximum absolute atomic E-state index is 13.9. The molecule has 0 spiro atoms. The van der Waals surface area contributed by atoms with Crippen LogP contribution < -0.4 is 61.4 Å². The lowest BCUT2D eigenvalue weighted by atomic mass is 9.85. The van der Waals surface area contributed by atoms with Gasteiger partial charge in [-0.15, -0.1) is 12.3 Å². The SMILES string of the molecule is C#CCCCN1C(=O)C(C2=NP(=O)(OCC)c3cc(NS(C)(=O)=O)ccc3N2)=C(O)C1C(C)(C)C.CCOP1(=O)N=C(C2=C(O)C(=C(C)C)N(CCC(C)(C)C)C2=O)Nc2ccc(NS(C)(=O)=O)cc21.CCOP1(=O)N=C(C2=C(O)C(C)(CC)N(CCC(C)(C)C)C2=O)Nc2ccc(NS(C)(=O)=O)cc21.CCOP1(=O)N=C(C2=C(O)C(C3CC3)N(CCC(C)(C)C)C2=O)Nc2ccc(NS(C)(=O)=O)cc21. The van der Waals surface area contributed by atoms with Crippen LogP contribution >= 0.6 is 30.1 Å². The molecule has 1 aliphatic carbocycles. The molecule has 4 aromatic carbocycles. The van der Waals surface area contributed by atoms with E-state index in [0.717, 1.165) is 56.3 Å². The number of nitrogens with zero attached hydrogens (tertiary/aromatic N) is 8. The molecule has 7 unspecified atom stereocenters. The third-order valence-electron chi connectivity index (χ3n) is 23.2. The van der Waals surface area contributed by atoms with Crippen LogP contribution in [0.15, 0.2) is 148 Å². The van der Waals surface area contributed by atoms with E-state index < -0.39 is 111 Å². The van der Waals surface area contributed by atoms with E-state index in [1.54, 1.807) is 69.2 Å². The first-order valence-corrected chi connectivity index (χ1v) is 59.5. The van der Waals surface area contributed by atoms with Gasteiger partial charge in [0.1, 0.15) is 39.6 Å². The number of benzene rings is 4. The molecule has 768 valence electrons. The monoisotopic (exact) mass is 2100 g/mol. The van der Waals surface area contributed by atoms with Gasteiger partial charge in [-0.3, -0.25) is 56.3 Å². The molecule has 12 N–H and O–H groups in total. The van der Waals surface area contributed by atoms with Gasteiger partial charge in [-0.05, 0) is 199 Å². The van der Waals surface area contributed by atoms with Gasteiger partial charge in [0.25, 0.3) is 23.6 Å². The van der Waals surface area contributed by atoms with Gasteiger partial charge in [-0.1, -0.05) is 90.0 Å². The van der Waals surface area contributed by atoms with Gasteiger partial charge >= 0.3 is 30.1 Å². The number of fused-ring (bicyclic) bond motifs is 4. The number of hydrogen-bond acceptors (Lipinski definition) is 28. The average molecular weight is 2100 g/mol. The van der Waals surface area contributed by atoms with Crippen molar-refractivity contribution in [2.45, 2.75) is 207 Å². The number of carbonyl (C=O) groups excluding carboxylic acids is 4. The molecule has 4 amide bonds. The third kappa shape index (κ3) is 26.1. The van der Waals surface area contributed by atoms with Crippen LogP contribution in [0.3, 0.4) is 0 Å². The van der Waals surface area contributed by atoms with Gasteiger partial charge in [0.15, 0.2) is 29.1 Å². The van der Waals surface area contributed by atoms with Crippen molar-refractivity contribution in [3.63, 3.8) is 0 Å². The van der Waals surface area contributed by atoms with E-state index in [-0.39, 0.29) is 167 Å². The molecular formula is C92H132N16O24P4S4. The molecule has 0 aromatic heterocycles. The fourth-order valence-corrected chi connectivity index (χ4v) is 25.9. The first-order chi connectivity index (χ1) is 64.5. The van der Waals surface area contributed by atoms with Crippen LogP contribution in [0, 0.1) is 39.9 Å². The van der Waals surface area contributed by atoms with E-state index in [0.29, 0.717) is 80.3 Å². The Bertz CT molecular complexity index is 6690. The minimum absolute atomic E-state index is 0.00418. The summed E-state index contributed by atoms with van der Waals surface area (Å²) in [6.45, 7) is 40.3. The fourth-order valence-electron chi connectivity index (χ4n) is 16.5. The Labute approximate surface area is 821 Å². The van der Waals surface area contributed by atoms with Crippen molar-refractivity contribution in [1.29, 1.82) is 0 Å². The fraction of sp³-hybridized carbons (Fsp3) is 0.522. The van der Waals surface area contributed by atoms with Crippen LogP contribution in [0.1, 0.15) is 190 Å². The Morgan fingerprint density at radius 3 is 1.11 bits per heavy atom. The molecule has 0 saturated heterocycles. The second-order valence-electron chi connectivity index (χ2n) is 40.1. The molecular weight excluding hydrogens is 1970 g/mol. The summed E-state index contributed by atoms with van der Waals surface area (Å²) in [6.07, 6.45) is 15.0. The molecule has 140 heavy (non-hydrogen) atoms. The summed E-state index contributed by atoms with van der Waals surface area (Å²) in [7, 11) is -29.8. The van der Waals surface area contributed by atoms with Gasteiger partial charge < -0.3 is 79.4 Å². The predicted octanol–water partition coefficient (Wildman–Crippen LogP) is 14.9. The topological polar surface area (TPSA) is 550 Å². The lowest BCUT2D eigenvalue weighted by molar-refractivity contribution is -0.130. The van der Waals surface area contributed by atoms with Crippen LogP contribution in [-0.2, 0) is 95.6 Å². The molecule has 13 rings (SSSR count). The van der Waals surface area contributed by atoms with Crippen molar-refractivity contribution in [3.05, 3.63) is 129 Å². The summed E-state index contributed by atoms with van der Waals surface area (Å²) >= 11 is 0. The summed E-state index contributed by atoms with van der Waals surface area (Å²) in [5, 5.41) is 57.4. The molecule has 9 aliphatic rings. The van der Waals surface area contributed by atoms with E-state index in [1.165, 1.54) is 71.6 Å². The maximum Gasteiger partial charge on any atom is 0.348 e. The van der Waals surface area contributed by atoms with Gasteiger partial charge in [-0.25, -0.2) is 33.7 Å². The Hall–Kier alpha value is -10.1. The van der Waals surface area contributed by atoms with Crippen LogP contribution in [0.5, 0.6) is 0 Å². The number of terminal acetylenes is 1. The number of carbonyl (C=O) groups is 4. The number of unbranched alkanes of at least 4 members (excludes halogenated alkanes) is 1. The lowest BCUT2D eigenvalue weighted by Crippen LogP contribution is -2.47. The Morgan fingerprint density at radius 1 is 0.471 bits per heavy atom. The minimum Gasteiger partial charge on any atom is -0.509 e. The maximum atomic E-state index is 13.9. The third-order valence-corrected chi connectivity index (χ3v) is 33.8. The largest absolute Gasteiger partial charge is 0.509 e. The quantitative estimate of drug-likeness (QED) is 0.0126. The second kappa shape index (κ2) is 42.0. The summed E-state index contributed by atoms with van der Waals surface area (Å²) in [5.74, 6) is 0.355. The molecule has 0 radical (unpaired) electrons. The molecule has 7 atom stereocenters. The molecule has 0 bridgehead atoms. The number of anilines is 8. The molecule has 40 nitrogen and oxygen atoms in total. The highest BCUT2D eigenvalue weighted by Crippen LogP contribution is 2.58. The number of allylic oxidation sites excluding steroid dienone is 1. The first kappa shape index (κ1) is 112. The van der Waals surface area contributed by atoms with E-state index in [9.17, 15) is 91.5 Å². The smallest absolute Gasteiger partial charge is 0.348 e. The van der Waals surface area contributed by atoms with Crippen LogP contribution in [0.25, 0.3) is 0 Å². The van der Waals surface area contributed by atoms with E-state index in [4.69, 9.17) is 24.5 Å². The summed E-state index contributed by atoms with van der Waals surface area (Å²) in [6, 6.07) is 16.7. The van der Waals surface area contributed by atoms with Gasteiger partial charge in [0.05, 0.1) is 119 Å². The van der Waals surface area contributed by atoms with Crippen molar-refractivity contribution < 1.29 is 110 Å². The number of hydrogen-bond donors (Lipinski definition) is 12. The van der Waals surface area contributed by atoms with Gasteiger partial charge in [0.2, 0.25) is 40.1 Å². The van der Waals surface area contributed by atoms with E-state index >= 15 is 0 Å². The highest BCUT2D eigenvalue weighted by atomic mass is 32.2. The second-order valence-corrected chi connectivity index (χ2v) is 55.0. The minimum atomic E-state index is -3.92. The van der Waals surface area contributed by atoms with E-state index in [1.807, 2.05) is 27.7 Å². The number of rotatable bonds is 31. The predicted molar refractivity (Wildman–Crippen MR) is 552 cm³/mol. The van der Waals surface area contributed by atoms with Crippen LogP contribution in [0.2, 0.25) is 0 Å². The zero-order valence-corrected chi connectivity index (χ0v) is 90.3. The van der Waals surface area contributed by atoms with Crippen molar-refractivity contribution in [3.8, 4) is 12.3 Å². The number of aliphatic hydroxyl groups is 4. The zero-order valence-electron chi connectivity index (χ0n) is 83.5. The van der Waals surface area contributed by atoms with Crippen molar-refractivity contribution >= 4 is 184 Å². The van der Waals surface area contributed by atoms with Crippen molar-refractivity contribution in [1.82, 2.24) is 19.6 Å². The number of sulfonamides is 4. The Balaban J connectivity index is 0.000000192. The Morgan fingerprint density at radius 2 is 0.800 bits per heavy atom. The molecule has 8 aliphatic heterocycles. The van der Waals surface area contributed by atoms with Crippen molar-refractivity contribution in [2.75, 3.05) is 118 Å².